The molecule has 1 aromatic heterocycles. The van der Waals surface area contributed by atoms with Crippen molar-refractivity contribution in [2.75, 3.05) is 6.54 Å². The van der Waals surface area contributed by atoms with Crippen molar-refractivity contribution in [2.45, 2.75) is 26.0 Å². The number of hydrogen-bond donors (Lipinski definition) is 2. The molecule has 74 valence electrons. The Balaban J connectivity index is 2.49. The maximum Gasteiger partial charge on any atom is 0.134 e. The minimum atomic E-state index is -0.337. The van der Waals surface area contributed by atoms with Gasteiger partial charge < -0.3 is 14.8 Å². The van der Waals surface area contributed by atoms with E-state index < -0.39 is 0 Å². The van der Waals surface area contributed by atoms with E-state index >= 15 is 0 Å². The van der Waals surface area contributed by atoms with E-state index in [4.69, 9.17) is 9.52 Å². The van der Waals surface area contributed by atoms with Crippen molar-refractivity contribution in [3.8, 4) is 0 Å². The molecule has 0 fully saturated rings. The van der Waals surface area contributed by atoms with Gasteiger partial charge in [-0.15, -0.1) is 0 Å². The van der Waals surface area contributed by atoms with Gasteiger partial charge in [-0.05, 0) is 35.8 Å². The number of furan rings is 1. The fourth-order valence-corrected chi connectivity index (χ4v) is 1.60. The molecule has 1 unspecified atom stereocenters. The number of rotatable bonds is 4. The largest absolute Gasteiger partial charge is 0.466 e. The van der Waals surface area contributed by atoms with Crippen molar-refractivity contribution >= 4 is 15.9 Å². The number of hydrogen-bond acceptors (Lipinski definition) is 3. The van der Waals surface area contributed by atoms with Gasteiger partial charge in [-0.2, -0.15) is 0 Å². The molecule has 0 aromatic carbocycles. The van der Waals surface area contributed by atoms with Crippen molar-refractivity contribution in [2.24, 2.45) is 0 Å². The molecule has 0 saturated carbocycles. The standard InChI is InChI=1S/C9H14BrNO2/c1-6(12)5-11-7(2)9-8(10)3-4-13-9/h3-4,6-7,11-12H,5H2,1-2H3/t6-,7?/m0/s1. The molecule has 0 radical (unpaired) electrons. The van der Waals surface area contributed by atoms with Gasteiger partial charge in [0.1, 0.15) is 5.76 Å². The molecule has 0 amide bonds. The van der Waals surface area contributed by atoms with Gasteiger partial charge in [-0.25, -0.2) is 0 Å². The van der Waals surface area contributed by atoms with E-state index in [1.54, 1.807) is 13.2 Å². The quantitative estimate of drug-likeness (QED) is 0.857. The van der Waals surface area contributed by atoms with Crippen LogP contribution in [0.1, 0.15) is 25.6 Å². The van der Waals surface area contributed by atoms with Crippen LogP contribution in [0.15, 0.2) is 21.2 Å². The number of aliphatic hydroxyl groups is 1. The predicted molar refractivity (Wildman–Crippen MR) is 54.5 cm³/mol. The number of halogens is 1. The molecule has 4 heteroatoms. The summed E-state index contributed by atoms with van der Waals surface area (Å²) in [4.78, 5) is 0. The summed E-state index contributed by atoms with van der Waals surface area (Å²) in [7, 11) is 0. The fraction of sp³-hybridized carbons (Fsp3) is 0.556. The van der Waals surface area contributed by atoms with Crippen LogP contribution in [0.25, 0.3) is 0 Å². The molecule has 1 rings (SSSR count). The maximum absolute atomic E-state index is 9.06. The SMILES string of the molecule is CC(NC[C@H](C)O)c1occc1Br. The minimum Gasteiger partial charge on any atom is -0.466 e. The van der Waals surface area contributed by atoms with E-state index in [0.717, 1.165) is 10.2 Å². The lowest BCUT2D eigenvalue weighted by atomic mass is 10.2. The normalized spacial score (nSPS) is 15.7. The van der Waals surface area contributed by atoms with Gasteiger partial charge in [0.25, 0.3) is 0 Å². The molecule has 0 saturated heterocycles. The second-order valence-electron chi connectivity index (χ2n) is 3.11. The van der Waals surface area contributed by atoms with Gasteiger partial charge >= 0.3 is 0 Å². The zero-order valence-electron chi connectivity index (χ0n) is 7.75. The van der Waals surface area contributed by atoms with E-state index in [1.807, 2.05) is 13.0 Å². The smallest absolute Gasteiger partial charge is 0.134 e. The van der Waals surface area contributed by atoms with Crippen LogP contribution in [-0.4, -0.2) is 17.8 Å². The second kappa shape index (κ2) is 4.79. The van der Waals surface area contributed by atoms with Gasteiger partial charge in [0.05, 0.1) is 22.9 Å². The molecule has 2 atom stereocenters. The maximum atomic E-state index is 9.06. The molecule has 1 aromatic rings. The van der Waals surface area contributed by atoms with Crippen LogP contribution < -0.4 is 5.32 Å². The third-order valence-corrected chi connectivity index (χ3v) is 2.41. The van der Waals surface area contributed by atoms with Crippen molar-refractivity contribution in [3.05, 3.63) is 22.6 Å². The molecule has 1 heterocycles. The molecule has 0 aliphatic rings. The number of nitrogens with one attached hydrogen (secondary N) is 1. The fourth-order valence-electron chi connectivity index (χ4n) is 1.05. The molecule has 0 aliphatic heterocycles. The summed E-state index contributed by atoms with van der Waals surface area (Å²) in [6.07, 6.45) is 1.30. The Morgan fingerprint density at radius 3 is 2.77 bits per heavy atom. The Hall–Kier alpha value is -0.320. The average Bonchev–Trinajstić information content (AvgIpc) is 2.47. The summed E-state index contributed by atoms with van der Waals surface area (Å²) in [6, 6.07) is 1.97. The summed E-state index contributed by atoms with van der Waals surface area (Å²) in [5, 5.41) is 12.2. The summed E-state index contributed by atoms with van der Waals surface area (Å²) >= 11 is 3.38. The van der Waals surface area contributed by atoms with E-state index in [9.17, 15) is 0 Å². The lowest BCUT2D eigenvalue weighted by Gasteiger charge is -2.13. The summed E-state index contributed by atoms with van der Waals surface area (Å²) in [5.74, 6) is 0.862. The molecule has 3 nitrogen and oxygen atoms in total. The first-order valence-corrected chi connectivity index (χ1v) is 5.05. The summed E-state index contributed by atoms with van der Waals surface area (Å²) in [6.45, 7) is 4.30. The monoisotopic (exact) mass is 247 g/mol. The molecule has 2 N–H and O–H groups in total. The highest BCUT2D eigenvalue weighted by molar-refractivity contribution is 9.10. The lowest BCUT2D eigenvalue weighted by molar-refractivity contribution is 0.185. The van der Waals surface area contributed by atoms with Gasteiger partial charge in [-0.1, -0.05) is 0 Å². The van der Waals surface area contributed by atoms with Gasteiger partial charge in [0.15, 0.2) is 0 Å². The Morgan fingerprint density at radius 2 is 2.31 bits per heavy atom. The van der Waals surface area contributed by atoms with Crippen LogP contribution in [0, 0.1) is 0 Å². The predicted octanol–water partition coefficient (Wildman–Crippen LogP) is 2.07. The average molecular weight is 248 g/mol. The van der Waals surface area contributed by atoms with Gasteiger partial charge in [0.2, 0.25) is 0 Å². The van der Waals surface area contributed by atoms with Crippen LogP contribution in [-0.2, 0) is 0 Å². The molecule has 0 aliphatic carbocycles. The molecular formula is C9H14BrNO2. The highest BCUT2D eigenvalue weighted by Crippen LogP contribution is 2.23. The van der Waals surface area contributed by atoms with E-state index in [0.29, 0.717) is 6.54 Å². The third-order valence-electron chi connectivity index (χ3n) is 1.76. The molecular weight excluding hydrogens is 234 g/mol. The molecule has 0 spiro atoms. The molecule has 13 heavy (non-hydrogen) atoms. The summed E-state index contributed by atoms with van der Waals surface area (Å²) < 4.78 is 6.22. The highest BCUT2D eigenvalue weighted by Gasteiger charge is 2.12. The molecule has 0 bridgehead atoms. The van der Waals surface area contributed by atoms with Crippen LogP contribution in [0.3, 0.4) is 0 Å². The van der Waals surface area contributed by atoms with E-state index in [2.05, 4.69) is 21.2 Å². The van der Waals surface area contributed by atoms with Crippen LogP contribution in [0.4, 0.5) is 0 Å². The van der Waals surface area contributed by atoms with Crippen LogP contribution in [0.5, 0.6) is 0 Å². The van der Waals surface area contributed by atoms with Crippen LogP contribution in [0.2, 0.25) is 0 Å². The summed E-state index contributed by atoms with van der Waals surface area (Å²) in [5.41, 5.74) is 0. The van der Waals surface area contributed by atoms with Crippen molar-refractivity contribution in [1.82, 2.24) is 5.32 Å². The number of aliphatic hydroxyl groups excluding tert-OH is 1. The first-order valence-electron chi connectivity index (χ1n) is 4.25. The van der Waals surface area contributed by atoms with Crippen molar-refractivity contribution in [3.63, 3.8) is 0 Å². The van der Waals surface area contributed by atoms with E-state index in [-0.39, 0.29) is 12.1 Å². The third kappa shape index (κ3) is 3.14. The zero-order valence-corrected chi connectivity index (χ0v) is 9.34. The first-order chi connectivity index (χ1) is 6.11. The van der Waals surface area contributed by atoms with Crippen LogP contribution >= 0.6 is 15.9 Å². The lowest BCUT2D eigenvalue weighted by Crippen LogP contribution is -2.27. The van der Waals surface area contributed by atoms with Gasteiger partial charge in [-0.3, -0.25) is 0 Å². The minimum absolute atomic E-state index is 0.110. The Morgan fingerprint density at radius 1 is 1.62 bits per heavy atom. The Labute approximate surface area is 86.3 Å². The second-order valence-corrected chi connectivity index (χ2v) is 3.97. The topological polar surface area (TPSA) is 45.4 Å². The highest BCUT2D eigenvalue weighted by atomic mass is 79.9. The van der Waals surface area contributed by atoms with Crippen molar-refractivity contribution < 1.29 is 9.52 Å². The Bertz CT molecular complexity index is 260. The Kier molecular flexibility index (Phi) is 3.96. The van der Waals surface area contributed by atoms with E-state index in [1.165, 1.54) is 0 Å². The zero-order chi connectivity index (χ0) is 9.84. The first kappa shape index (κ1) is 10.8. The van der Waals surface area contributed by atoms with Gasteiger partial charge in [0, 0.05) is 6.54 Å². The van der Waals surface area contributed by atoms with Crippen molar-refractivity contribution in [1.29, 1.82) is 0 Å².